The first-order valence-electron chi connectivity index (χ1n) is 6.80. The summed E-state index contributed by atoms with van der Waals surface area (Å²) < 4.78 is 5.40. The van der Waals surface area contributed by atoms with Gasteiger partial charge in [-0.25, -0.2) is 4.98 Å². The van der Waals surface area contributed by atoms with E-state index in [1.165, 1.54) is 12.8 Å². The van der Waals surface area contributed by atoms with Crippen LogP contribution in [0.5, 0.6) is 0 Å². The summed E-state index contributed by atoms with van der Waals surface area (Å²) >= 11 is 0. The summed E-state index contributed by atoms with van der Waals surface area (Å²) in [4.78, 5) is 11.1. The molecule has 5 nitrogen and oxygen atoms in total. The van der Waals surface area contributed by atoms with E-state index in [1.807, 2.05) is 0 Å². The van der Waals surface area contributed by atoms with E-state index in [0.717, 1.165) is 50.7 Å². The smallest absolute Gasteiger partial charge is 0.222 e. The molecule has 1 aromatic rings. The van der Waals surface area contributed by atoms with Gasteiger partial charge in [-0.05, 0) is 25.7 Å². The van der Waals surface area contributed by atoms with Gasteiger partial charge in [-0.3, -0.25) is 0 Å². The molecule has 98 valence electrons. The number of hydrogen-bond donors (Lipinski definition) is 1. The lowest BCUT2D eigenvalue weighted by Gasteiger charge is -2.23. The third-order valence-electron chi connectivity index (χ3n) is 3.82. The number of nitrogens with two attached hydrogens (primary N) is 1. The summed E-state index contributed by atoms with van der Waals surface area (Å²) in [6, 6.07) is 2.12. The summed E-state index contributed by atoms with van der Waals surface area (Å²) in [6.45, 7) is 3.83. The van der Waals surface area contributed by atoms with Crippen LogP contribution in [0.3, 0.4) is 0 Å². The maximum absolute atomic E-state index is 5.85. The molecule has 0 bridgehead atoms. The molecule has 3 heterocycles. The van der Waals surface area contributed by atoms with E-state index >= 15 is 0 Å². The number of rotatable bonds is 2. The van der Waals surface area contributed by atoms with Gasteiger partial charge in [0.05, 0.1) is 5.69 Å². The Morgan fingerprint density at radius 2 is 1.89 bits per heavy atom. The fraction of sp³-hybridized carbons (Fsp3) is 0.692. The third kappa shape index (κ3) is 2.41. The van der Waals surface area contributed by atoms with E-state index in [2.05, 4.69) is 20.9 Å². The van der Waals surface area contributed by atoms with Gasteiger partial charge >= 0.3 is 0 Å². The highest BCUT2D eigenvalue weighted by atomic mass is 16.5. The van der Waals surface area contributed by atoms with Crippen LogP contribution in [0, 0.1) is 0 Å². The molecule has 5 heteroatoms. The van der Waals surface area contributed by atoms with Gasteiger partial charge in [-0.2, -0.15) is 4.98 Å². The van der Waals surface area contributed by atoms with E-state index < -0.39 is 0 Å². The fourth-order valence-corrected chi connectivity index (χ4v) is 2.78. The number of ether oxygens (including phenoxy) is 1. The SMILES string of the molecule is Nc1nc(C2CCOCC2)cc(N2CCCC2)n1. The Hall–Kier alpha value is -1.36. The predicted molar refractivity (Wildman–Crippen MR) is 70.7 cm³/mol. The van der Waals surface area contributed by atoms with Crippen LogP contribution in [0.2, 0.25) is 0 Å². The standard InChI is InChI=1S/C13H20N4O/c14-13-15-11(10-3-7-18-8-4-10)9-12(16-13)17-5-1-2-6-17/h9-10H,1-8H2,(H2,14,15,16). The van der Waals surface area contributed by atoms with Crippen molar-refractivity contribution >= 4 is 11.8 Å². The van der Waals surface area contributed by atoms with Crippen molar-refractivity contribution in [1.29, 1.82) is 0 Å². The van der Waals surface area contributed by atoms with Gasteiger partial charge < -0.3 is 15.4 Å². The summed E-state index contributed by atoms with van der Waals surface area (Å²) in [6.07, 6.45) is 4.57. The minimum absolute atomic E-state index is 0.404. The monoisotopic (exact) mass is 248 g/mol. The second-order valence-corrected chi connectivity index (χ2v) is 5.09. The van der Waals surface area contributed by atoms with Crippen LogP contribution >= 0.6 is 0 Å². The van der Waals surface area contributed by atoms with Crippen LogP contribution in [0.15, 0.2) is 6.07 Å². The second kappa shape index (κ2) is 5.10. The van der Waals surface area contributed by atoms with Crippen molar-refractivity contribution in [1.82, 2.24) is 9.97 Å². The van der Waals surface area contributed by atoms with Gasteiger partial charge in [0.1, 0.15) is 5.82 Å². The number of aromatic nitrogens is 2. The van der Waals surface area contributed by atoms with Crippen molar-refractivity contribution in [2.45, 2.75) is 31.6 Å². The molecule has 0 amide bonds. The Balaban J connectivity index is 1.84. The summed E-state index contributed by atoms with van der Waals surface area (Å²) in [5.74, 6) is 1.88. The first-order chi connectivity index (χ1) is 8.83. The molecule has 2 fully saturated rings. The van der Waals surface area contributed by atoms with Crippen molar-refractivity contribution in [3.05, 3.63) is 11.8 Å². The number of nitrogen functional groups attached to an aromatic ring is 1. The van der Waals surface area contributed by atoms with Crippen LogP contribution in [0.25, 0.3) is 0 Å². The zero-order valence-electron chi connectivity index (χ0n) is 10.6. The Bertz CT molecular complexity index is 411. The first-order valence-corrected chi connectivity index (χ1v) is 6.80. The molecule has 0 atom stereocenters. The molecule has 0 unspecified atom stereocenters. The van der Waals surface area contributed by atoms with Crippen molar-refractivity contribution < 1.29 is 4.74 Å². The van der Waals surface area contributed by atoms with Gasteiger partial charge in [-0.1, -0.05) is 0 Å². The zero-order chi connectivity index (χ0) is 12.4. The topological polar surface area (TPSA) is 64.3 Å². The molecule has 2 aliphatic heterocycles. The highest BCUT2D eigenvalue weighted by Gasteiger charge is 2.21. The fourth-order valence-electron chi connectivity index (χ4n) is 2.78. The van der Waals surface area contributed by atoms with Gasteiger partial charge in [0, 0.05) is 38.3 Å². The first kappa shape index (κ1) is 11.7. The molecule has 2 saturated heterocycles. The third-order valence-corrected chi connectivity index (χ3v) is 3.82. The van der Waals surface area contributed by atoms with E-state index in [4.69, 9.17) is 10.5 Å². The molecule has 0 aromatic carbocycles. The Morgan fingerprint density at radius 3 is 2.61 bits per heavy atom. The molecule has 2 aliphatic rings. The highest BCUT2D eigenvalue weighted by Crippen LogP contribution is 2.28. The summed E-state index contributed by atoms with van der Waals surface area (Å²) in [5.41, 5.74) is 6.94. The molecular weight excluding hydrogens is 228 g/mol. The van der Waals surface area contributed by atoms with Crippen molar-refractivity contribution in [2.75, 3.05) is 36.9 Å². The number of anilines is 2. The quantitative estimate of drug-likeness (QED) is 0.860. The van der Waals surface area contributed by atoms with E-state index in [-0.39, 0.29) is 0 Å². The predicted octanol–water partition coefficient (Wildman–Crippen LogP) is 1.55. The van der Waals surface area contributed by atoms with Gasteiger partial charge in [0.25, 0.3) is 0 Å². The zero-order valence-corrected chi connectivity index (χ0v) is 10.6. The molecule has 0 spiro atoms. The molecule has 0 saturated carbocycles. The minimum Gasteiger partial charge on any atom is -0.381 e. The normalized spacial score (nSPS) is 21.4. The van der Waals surface area contributed by atoms with Gasteiger partial charge in [0.15, 0.2) is 0 Å². The molecule has 1 aromatic heterocycles. The van der Waals surface area contributed by atoms with Crippen molar-refractivity contribution in [2.24, 2.45) is 0 Å². The lowest BCUT2D eigenvalue weighted by molar-refractivity contribution is 0.0845. The van der Waals surface area contributed by atoms with Crippen LogP contribution in [0.4, 0.5) is 11.8 Å². The molecule has 18 heavy (non-hydrogen) atoms. The van der Waals surface area contributed by atoms with E-state index in [9.17, 15) is 0 Å². The van der Waals surface area contributed by atoms with Crippen molar-refractivity contribution in [3.8, 4) is 0 Å². The van der Waals surface area contributed by atoms with Crippen molar-refractivity contribution in [3.63, 3.8) is 0 Å². The maximum atomic E-state index is 5.85. The largest absolute Gasteiger partial charge is 0.381 e. The summed E-state index contributed by atoms with van der Waals surface area (Å²) in [7, 11) is 0. The highest BCUT2D eigenvalue weighted by molar-refractivity contribution is 5.45. The van der Waals surface area contributed by atoms with E-state index in [0.29, 0.717) is 11.9 Å². The summed E-state index contributed by atoms with van der Waals surface area (Å²) in [5, 5.41) is 0. The lowest BCUT2D eigenvalue weighted by atomic mass is 9.96. The van der Waals surface area contributed by atoms with Crippen LogP contribution in [0.1, 0.15) is 37.3 Å². The van der Waals surface area contributed by atoms with Gasteiger partial charge in [0.2, 0.25) is 5.95 Å². The number of nitrogens with zero attached hydrogens (tertiary/aromatic N) is 3. The minimum atomic E-state index is 0.404. The molecular formula is C13H20N4O. The van der Waals surface area contributed by atoms with Crippen LogP contribution in [-0.2, 0) is 4.74 Å². The molecule has 2 N–H and O–H groups in total. The van der Waals surface area contributed by atoms with Crippen LogP contribution < -0.4 is 10.6 Å². The van der Waals surface area contributed by atoms with Gasteiger partial charge in [-0.15, -0.1) is 0 Å². The Morgan fingerprint density at radius 1 is 1.17 bits per heavy atom. The number of hydrogen-bond acceptors (Lipinski definition) is 5. The lowest BCUT2D eigenvalue weighted by Crippen LogP contribution is -2.21. The molecule has 3 rings (SSSR count). The van der Waals surface area contributed by atoms with E-state index in [1.54, 1.807) is 0 Å². The Labute approximate surface area is 107 Å². The average Bonchev–Trinajstić information content (AvgIpc) is 2.93. The maximum Gasteiger partial charge on any atom is 0.222 e. The van der Waals surface area contributed by atoms with Crippen LogP contribution in [-0.4, -0.2) is 36.3 Å². The molecule has 0 radical (unpaired) electrons. The average molecular weight is 248 g/mol. The second-order valence-electron chi connectivity index (χ2n) is 5.09. The Kier molecular flexibility index (Phi) is 3.32. The molecule has 0 aliphatic carbocycles.